The number of likely N-dealkylation sites (tertiary alicyclic amines) is 1. The molecule has 6 rings (SSSR count). The third kappa shape index (κ3) is 4.53. The number of primary amides is 1. The Morgan fingerprint density at radius 3 is 2.50 bits per heavy atom. The van der Waals surface area contributed by atoms with E-state index >= 15 is 0 Å². The van der Waals surface area contributed by atoms with E-state index in [9.17, 15) is 9.59 Å². The van der Waals surface area contributed by atoms with Crippen molar-refractivity contribution in [1.82, 2.24) is 20.2 Å². The number of amides is 2. The van der Waals surface area contributed by atoms with Gasteiger partial charge in [-0.3, -0.25) is 19.5 Å². The minimum Gasteiger partial charge on any atom is -0.369 e. The number of piperidine rings is 1. The quantitative estimate of drug-likeness (QED) is 0.295. The minimum atomic E-state index is -0.685. The predicted molar refractivity (Wildman–Crippen MR) is 151 cm³/mol. The Kier molecular flexibility index (Phi) is 6.54. The Morgan fingerprint density at radius 1 is 1.08 bits per heavy atom. The monoisotopic (exact) mass is 549 g/mol. The third-order valence-electron chi connectivity index (χ3n) is 8.16. The molecular formula is C29H29Cl2N5O2. The summed E-state index contributed by atoms with van der Waals surface area (Å²) >= 11 is 12.7. The van der Waals surface area contributed by atoms with Crippen LogP contribution in [-0.4, -0.2) is 46.3 Å². The molecule has 0 spiro atoms. The Bertz CT molecular complexity index is 1530. The summed E-state index contributed by atoms with van der Waals surface area (Å²) in [5.41, 5.74) is 8.95. The second-order valence-corrected chi connectivity index (χ2v) is 11.4. The number of carbonyl (C=O) groups is 2. The van der Waals surface area contributed by atoms with Gasteiger partial charge in [-0.1, -0.05) is 35.3 Å². The van der Waals surface area contributed by atoms with Crippen LogP contribution in [0.25, 0.3) is 21.8 Å². The van der Waals surface area contributed by atoms with Crippen molar-refractivity contribution in [2.45, 2.75) is 37.6 Å². The van der Waals surface area contributed by atoms with Gasteiger partial charge in [0.25, 0.3) is 5.91 Å². The summed E-state index contributed by atoms with van der Waals surface area (Å²) in [4.78, 5) is 35.4. The zero-order chi connectivity index (χ0) is 26.4. The van der Waals surface area contributed by atoms with Crippen LogP contribution in [0.15, 0.2) is 48.7 Å². The molecule has 4 N–H and O–H groups in total. The van der Waals surface area contributed by atoms with E-state index < -0.39 is 5.41 Å². The molecule has 2 aromatic heterocycles. The van der Waals surface area contributed by atoms with Crippen molar-refractivity contribution in [2.24, 2.45) is 11.7 Å². The van der Waals surface area contributed by atoms with Crippen LogP contribution >= 0.6 is 23.2 Å². The van der Waals surface area contributed by atoms with Crippen molar-refractivity contribution < 1.29 is 9.59 Å². The van der Waals surface area contributed by atoms with E-state index in [1.165, 1.54) is 0 Å². The van der Waals surface area contributed by atoms with Crippen LogP contribution < -0.4 is 11.1 Å². The fourth-order valence-electron chi connectivity index (χ4n) is 5.65. The van der Waals surface area contributed by atoms with Crippen LogP contribution in [0.5, 0.6) is 0 Å². The zero-order valence-electron chi connectivity index (χ0n) is 20.9. The number of carbonyl (C=O) groups excluding carboxylic acids is 2. The average molecular weight is 550 g/mol. The van der Waals surface area contributed by atoms with Gasteiger partial charge in [0.2, 0.25) is 5.91 Å². The summed E-state index contributed by atoms with van der Waals surface area (Å²) in [5.74, 6) is -0.00871. The molecule has 1 saturated heterocycles. The van der Waals surface area contributed by atoms with Gasteiger partial charge in [0.1, 0.15) is 0 Å². The van der Waals surface area contributed by atoms with Crippen LogP contribution in [0.3, 0.4) is 0 Å². The van der Waals surface area contributed by atoms with Gasteiger partial charge in [0.05, 0.1) is 16.6 Å². The summed E-state index contributed by atoms with van der Waals surface area (Å²) < 4.78 is 0. The number of nitrogens with one attached hydrogen (secondary N) is 2. The maximum atomic E-state index is 13.0. The minimum absolute atomic E-state index is 0.0926. The molecule has 196 valence electrons. The first-order valence-corrected chi connectivity index (χ1v) is 13.8. The third-order valence-corrected chi connectivity index (χ3v) is 8.87. The second-order valence-electron chi connectivity index (χ2n) is 10.5. The molecule has 7 nitrogen and oxygen atoms in total. The lowest BCUT2D eigenvalue weighted by atomic mass is 9.96. The highest BCUT2D eigenvalue weighted by Crippen LogP contribution is 2.49. The lowest BCUT2D eigenvalue weighted by Gasteiger charge is -2.32. The molecule has 0 atom stereocenters. The predicted octanol–water partition coefficient (Wildman–Crippen LogP) is 5.18. The van der Waals surface area contributed by atoms with Gasteiger partial charge in [-0.2, -0.15) is 0 Å². The number of hydrogen-bond acceptors (Lipinski definition) is 4. The molecular weight excluding hydrogens is 521 g/mol. The molecule has 4 aromatic rings. The molecule has 1 saturated carbocycles. The van der Waals surface area contributed by atoms with E-state index in [0.29, 0.717) is 46.6 Å². The molecule has 3 heterocycles. The van der Waals surface area contributed by atoms with Crippen molar-refractivity contribution in [1.29, 1.82) is 0 Å². The Hall–Kier alpha value is -3.13. The Balaban J connectivity index is 1.10. The number of hydrogen-bond donors (Lipinski definition) is 3. The molecule has 1 aliphatic heterocycles. The van der Waals surface area contributed by atoms with Gasteiger partial charge in [0, 0.05) is 56.7 Å². The Labute approximate surface area is 230 Å². The van der Waals surface area contributed by atoms with E-state index in [0.717, 1.165) is 59.8 Å². The van der Waals surface area contributed by atoms with Crippen LogP contribution in [0.1, 0.15) is 47.3 Å². The highest BCUT2D eigenvalue weighted by molar-refractivity contribution is 6.36. The number of halogens is 2. The highest BCUT2D eigenvalue weighted by Gasteiger charge is 2.52. The maximum absolute atomic E-state index is 13.0. The number of nitrogens with zero attached hydrogens (tertiary/aromatic N) is 2. The van der Waals surface area contributed by atoms with E-state index in [4.69, 9.17) is 28.9 Å². The van der Waals surface area contributed by atoms with Gasteiger partial charge in [-0.25, -0.2) is 0 Å². The standard InChI is InChI=1S/C29H29Cl2N5O2/c30-22-2-1-3-23(31)21(22)16-36-12-7-17(8-13-36)15-34-27(37)18-4-5-19-20-6-11-33-26(25(20)35-24(19)14-18)29(9-10-29)28(32)38/h1-6,11,14,17,35H,7-10,12-13,15-16H2,(H2,32,38)(H,34,37). The van der Waals surface area contributed by atoms with Crippen molar-refractivity contribution in [3.05, 3.63) is 75.5 Å². The normalized spacial score (nSPS) is 17.6. The van der Waals surface area contributed by atoms with Crippen LogP contribution in [0.2, 0.25) is 10.0 Å². The van der Waals surface area contributed by atoms with E-state index in [2.05, 4.69) is 20.2 Å². The topological polar surface area (TPSA) is 104 Å². The smallest absolute Gasteiger partial charge is 0.251 e. The number of pyridine rings is 1. The van der Waals surface area contributed by atoms with Gasteiger partial charge in [0.15, 0.2) is 0 Å². The molecule has 2 aromatic carbocycles. The fourth-order valence-corrected chi connectivity index (χ4v) is 6.17. The van der Waals surface area contributed by atoms with Crippen molar-refractivity contribution in [2.75, 3.05) is 19.6 Å². The highest BCUT2D eigenvalue weighted by atomic mass is 35.5. The summed E-state index contributed by atoms with van der Waals surface area (Å²) in [5, 5.41) is 6.50. The summed E-state index contributed by atoms with van der Waals surface area (Å²) in [6.45, 7) is 3.25. The van der Waals surface area contributed by atoms with Crippen LogP contribution in [0.4, 0.5) is 0 Å². The number of aromatic nitrogens is 2. The lowest BCUT2D eigenvalue weighted by molar-refractivity contribution is -0.120. The number of fused-ring (bicyclic) bond motifs is 3. The summed E-state index contributed by atoms with van der Waals surface area (Å²) in [6, 6.07) is 13.2. The van der Waals surface area contributed by atoms with Crippen LogP contribution in [-0.2, 0) is 16.8 Å². The number of rotatable bonds is 7. The number of nitrogens with two attached hydrogens (primary N) is 1. The number of benzene rings is 2. The molecule has 0 unspecified atom stereocenters. The first-order valence-electron chi connectivity index (χ1n) is 13.0. The fraction of sp³-hybridized carbons (Fsp3) is 0.345. The van der Waals surface area contributed by atoms with Gasteiger partial charge in [-0.05, 0) is 75.0 Å². The molecule has 2 fully saturated rings. The summed E-state index contributed by atoms with van der Waals surface area (Å²) in [7, 11) is 0. The van der Waals surface area contributed by atoms with Crippen molar-refractivity contribution >= 4 is 56.8 Å². The number of H-pyrrole nitrogens is 1. The molecule has 2 aliphatic rings. The first-order chi connectivity index (χ1) is 18.4. The van der Waals surface area contributed by atoms with E-state index in [1.54, 1.807) is 6.20 Å². The maximum Gasteiger partial charge on any atom is 0.251 e. The molecule has 1 aliphatic carbocycles. The largest absolute Gasteiger partial charge is 0.369 e. The van der Waals surface area contributed by atoms with E-state index in [-0.39, 0.29) is 11.8 Å². The molecule has 38 heavy (non-hydrogen) atoms. The zero-order valence-corrected chi connectivity index (χ0v) is 22.4. The number of aromatic amines is 1. The van der Waals surface area contributed by atoms with Crippen LogP contribution in [0, 0.1) is 5.92 Å². The van der Waals surface area contributed by atoms with Crippen molar-refractivity contribution in [3.63, 3.8) is 0 Å². The Morgan fingerprint density at radius 2 is 1.82 bits per heavy atom. The summed E-state index contributed by atoms with van der Waals surface area (Å²) in [6.07, 6.45) is 5.15. The van der Waals surface area contributed by atoms with Gasteiger partial charge >= 0.3 is 0 Å². The molecule has 0 radical (unpaired) electrons. The molecule has 2 amide bonds. The van der Waals surface area contributed by atoms with Gasteiger partial charge in [-0.15, -0.1) is 0 Å². The average Bonchev–Trinajstić information content (AvgIpc) is 3.65. The SMILES string of the molecule is NC(=O)C1(c2nccc3c2[nH]c2cc(C(=O)NCC4CCN(Cc5c(Cl)cccc5Cl)CC4)ccc23)CC1. The van der Waals surface area contributed by atoms with Gasteiger partial charge < -0.3 is 16.0 Å². The van der Waals surface area contributed by atoms with Crippen molar-refractivity contribution in [3.8, 4) is 0 Å². The second kappa shape index (κ2) is 9.88. The molecule has 0 bridgehead atoms. The lowest BCUT2D eigenvalue weighted by Crippen LogP contribution is -2.38. The molecule has 9 heteroatoms. The van der Waals surface area contributed by atoms with E-state index in [1.807, 2.05) is 42.5 Å². The first kappa shape index (κ1) is 25.2.